The smallest absolute Gasteiger partial charge is 0.122 e. The van der Waals surface area contributed by atoms with Crippen molar-refractivity contribution in [1.82, 2.24) is 4.98 Å². The third-order valence-electron chi connectivity index (χ3n) is 2.97. The van der Waals surface area contributed by atoms with Crippen LogP contribution in [0.25, 0.3) is 0 Å². The van der Waals surface area contributed by atoms with Crippen molar-refractivity contribution in [2.75, 3.05) is 7.11 Å². The molecule has 1 heterocycles. The molecule has 0 spiro atoms. The molecule has 4 heteroatoms. The fraction of sp³-hybridized carbons (Fsp3) is 0.267. The SMILES string of the molecule is COc1ccc(Cl)cc1CC(O)c1ccc(C)nc1. The number of hydrogen-bond acceptors (Lipinski definition) is 3. The lowest BCUT2D eigenvalue weighted by Gasteiger charge is -2.14. The van der Waals surface area contributed by atoms with E-state index in [4.69, 9.17) is 16.3 Å². The second-order valence-corrected chi connectivity index (χ2v) is 4.85. The van der Waals surface area contributed by atoms with Crippen LogP contribution in [0.4, 0.5) is 0 Å². The first kappa shape index (κ1) is 13.8. The standard InChI is InChI=1S/C15H16ClNO2/c1-10-3-4-11(9-17-10)14(18)8-12-7-13(16)5-6-15(12)19-2/h3-7,9,14,18H,8H2,1-2H3. The Kier molecular flexibility index (Phi) is 4.40. The molecule has 0 radical (unpaired) electrons. The first-order chi connectivity index (χ1) is 9.10. The van der Waals surface area contributed by atoms with Crippen LogP contribution < -0.4 is 4.74 Å². The first-order valence-corrected chi connectivity index (χ1v) is 6.41. The maximum atomic E-state index is 10.2. The molecule has 100 valence electrons. The van der Waals surface area contributed by atoms with Gasteiger partial charge in [0.15, 0.2) is 0 Å². The summed E-state index contributed by atoms with van der Waals surface area (Å²) in [6.07, 6.45) is 1.51. The van der Waals surface area contributed by atoms with E-state index in [1.807, 2.05) is 25.1 Å². The van der Waals surface area contributed by atoms with Crippen molar-refractivity contribution in [2.24, 2.45) is 0 Å². The Bertz CT molecular complexity index is 555. The van der Waals surface area contributed by atoms with Gasteiger partial charge < -0.3 is 9.84 Å². The van der Waals surface area contributed by atoms with Crippen LogP contribution in [-0.2, 0) is 6.42 Å². The van der Waals surface area contributed by atoms with Crippen molar-refractivity contribution < 1.29 is 9.84 Å². The lowest BCUT2D eigenvalue weighted by Crippen LogP contribution is -2.04. The molecular weight excluding hydrogens is 262 g/mol. The van der Waals surface area contributed by atoms with Crippen LogP contribution in [0.1, 0.15) is 22.9 Å². The third kappa shape index (κ3) is 3.46. The molecule has 3 nitrogen and oxygen atoms in total. The fourth-order valence-electron chi connectivity index (χ4n) is 1.91. The summed E-state index contributed by atoms with van der Waals surface area (Å²) in [7, 11) is 1.60. The van der Waals surface area contributed by atoms with Gasteiger partial charge in [-0.15, -0.1) is 0 Å². The largest absolute Gasteiger partial charge is 0.496 e. The summed E-state index contributed by atoms with van der Waals surface area (Å²) in [5.41, 5.74) is 2.59. The molecule has 0 aliphatic rings. The number of benzene rings is 1. The molecule has 1 aromatic heterocycles. The van der Waals surface area contributed by atoms with E-state index in [-0.39, 0.29) is 0 Å². The van der Waals surface area contributed by atoms with Crippen molar-refractivity contribution in [3.63, 3.8) is 0 Å². The highest BCUT2D eigenvalue weighted by Gasteiger charge is 2.12. The second-order valence-electron chi connectivity index (χ2n) is 4.41. The van der Waals surface area contributed by atoms with Gasteiger partial charge in [0.05, 0.1) is 13.2 Å². The van der Waals surface area contributed by atoms with Gasteiger partial charge in [-0.1, -0.05) is 17.7 Å². The summed E-state index contributed by atoms with van der Waals surface area (Å²) in [5, 5.41) is 10.9. The predicted molar refractivity (Wildman–Crippen MR) is 75.6 cm³/mol. The van der Waals surface area contributed by atoms with Gasteiger partial charge in [-0.2, -0.15) is 0 Å². The van der Waals surface area contributed by atoms with Gasteiger partial charge in [-0.25, -0.2) is 0 Å². The number of aromatic nitrogens is 1. The molecule has 1 aromatic carbocycles. The molecule has 0 amide bonds. The zero-order chi connectivity index (χ0) is 13.8. The maximum absolute atomic E-state index is 10.2. The highest BCUT2D eigenvalue weighted by molar-refractivity contribution is 6.30. The lowest BCUT2D eigenvalue weighted by atomic mass is 10.0. The van der Waals surface area contributed by atoms with E-state index in [2.05, 4.69) is 4.98 Å². The van der Waals surface area contributed by atoms with Crippen LogP contribution in [-0.4, -0.2) is 17.2 Å². The van der Waals surface area contributed by atoms with Gasteiger partial charge in [0.1, 0.15) is 5.75 Å². The number of aryl methyl sites for hydroxylation is 1. The quantitative estimate of drug-likeness (QED) is 0.932. The number of aliphatic hydroxyl groups is 1. The number of nitrogens with zero attached hydrogens (tertiary/aromatic N) is 1. The van der Waals surface area contributed by atoms with Gasteiger partial charge in [0.25, 0.3) is 0 Å². The van der Waals surface area contributed by atoms with Crippen LogP contribution in [0.15, 0.2) is 36.5 Å². The van der Waals surface area contributed by atoms with Crippen molar-refractivity contribution in [1.29, 1.82) is 0 Å². The highest BCUT2D eigenvalue weighted by atomic mass is 35.5. The van der Waals surface area contributed by atoms with Gasteiger partial charge in [0, 0.05) is 23.3 Å². The van der Waals surface area contributed by atoms with Gasteiger partial charge in [-0.05, 0) is 42.3 Å². The van der Waals surface area contributed by atoms with Crippen LogP contribution in [0.3, 0.4) is 0 Å². The van der Waals surface area contributed by atoms with E-state index in [1.165, 1.54) is 0 Å². The Morgan fingerprint density at radius 1 is 1.32 bits per heavy atom. The van der Waals surface area contributed by atoms with Crippen LogP contribution in [0.5, 0.6) is 5.75 Å². The molecule has 0 fully saturated rings. The summed E-state index contributed by atoms with van der Waals surface area (Å²) < 4.78 is 5.27. The number of hydrogen-bond donors (Lipinski definition) is 1. The Hall–Kier alpha value is -1.58. The molecule has 2 rings (SSSR count). The average Bonchev–Trinajstić information content (AvgIpc) is 2.39. The number of pyridine rings is 1. The second kappa shape index (κ2) is 6.04. The fourth-order valence-corrected chi connectivity index (χ4v) is 2.10. The molecule has 1 atom stereocenters. The molecule has 0 aliphatic carbocycles. The van der Waals surface area contributed by atoms with E-state index in [1.54, 1.807) is 25.4 Å². The molecule has 0 saturated carbocycles. The zero-order valence-corrected chi connectivity index (χ0v) is 11.7. The summed E-state index contributed by atoms with van der Waals surface area (Å²) in [5.74, 6) is 0.725. The number of halogens is 1. The average molecular weight is 278 g/mol. The van der Waals surface area contributed by atoms with E-state index in [0.29, 0.717) is 11.4 Å². The summed E-state index contributed by atoms with van der Waals surface area (Å²) in [6.45, 7) is 1.91. The van der Waals surface area contributed by atoms with Crippen molar-refractivity contribution in [3.8, 4) is 5.75 Å². The number of aliphatic hydroxyl groups excluding tert-OH is 1. The molecular formula is C15H16ClNO2. The van der Waals surface area contributed by atoms with E-state index < -0.39 is 6.10 Å². The molecule has 1 unspecified atom stereocenters. The third-order valence-corrected chi connectivity index (χ3v) is 3.21. The minimum absolute atomic E-state index is 0.439. The maximum Gasteiger partial charge on any atom is 0.122 e. The monoisotopic (exact) mass is 277 g/mol. The molecule has 2 aromatic rings. The van der Waals surface area contributed by atoms with Crippen LogP contribution in [0.2, 0.25) is 5.02 Å². The predicted octanol–water partition coefficient (Wildman–Crippen LogP) is 3.33. The van der Waals surface area contributed by atoms with E-state index >= 15 is 0 Å². The molecule has 19 heavy (non-hydrogen) atoms. The molecule has 0 bridgehead atoms. The van der Waals surface area contributed by atoms with Crippen molar-refractivity contribution in [3.05, 3.63) is 58.4 Å². The van der Waals surface area contributed by atoms with Crippen LogP contribution in [0, 0.1) is 6.92 Å². The minimum atomic E-state index is -0.625. The van der Waals surface area contributed by atoms with Crippen LogP contribution >= 0.6 is 11.6 Å². The normalized spacial score (nSPS) is 12.2. The molecule has 1 N–H and O–H groups in total. The number of methoxy groups -OCH3 is 1. The van der Waals surface area contributed by atoms with Gasteiger partial charge in [0.2, 0.25) is 0 Å². The Morgan fingerprint density at radius 2 is 2.11 bits per heavy atom. The minimum Gasteiger partial charge on any atom is -0.496 e. The van der Waals surface area contributed by atoms with Gasteiger partial charge >= 0.3 is 0 Å². The Morgan fingerprint density at radius 3 is 2.74 bits per heavy atom. The van der Waals surface area contributed by atoms with E-state index in [0.717, 1.165) is 22.6 Å². The number of rotatable bonds is 4. The summed E-state index contributed by atoms with van der Waals surface area (Å²) >= 11 is 5.97. The first-order valence-electron chi connectivity index (χ1n) is 6.03. The summed E-state index contributed by atoms with van der Waals surface area (Å²) in [6, 6.07) is 9.14. The Labute approximate surface area is 117 Å². The molecule has 0 saturated heterocycles. The van der Waals surface area contributed by atoms with Gasteiger partial charge in [-0.3, -0.25) is 4.98 Å². The molecule has 0 aliphatic heterocycles. The topological polar surface area (TPSA) is 42.4 Å². The highest BCUT2D eigenvalue weighted by Crippen LogP contribution is 2.27. The van der Waals surface area contributed by atoms with E-state index in [9.17, 15) is 5.11 Å². The lowest BCUT2D eigenvalue weighted by molar-refractivity contribution is 0.177. The van der Waals surface area contributed by atoms with Crippen molar-refractivity contribution in [2.45, 2.75) is 19.4 Å². The van der Waals surface area contributed by atoms with Crippen molar-refractivity contribution >= 4 is 11.6 Å². The Balaban J connectivity index is 2.20. The summed E-state index contributed by atoms with van der Waals surface area (Å²) in [4.78, 5) is 4.18. The zero-order valence-electron chi connectivity index (χ0n) is 10.9. The number of ether oxygens (including phenoxy) is 1.